The first-order valence-electron chi connectivity index (χ1n) is 6.59. The summed E-state index contributed by atoms with van der Waals surface area (Å²) in [6.45, 7) is 1.35. The van der Waals surface area contributed by atoms with E-state index in [0.29, 0.717) is 12.1 Å². The van der Waals surface area contributed by atoms with Gasteiger partial charge in [0.2, 0.25) is 0 Å². The quantitative estimate of drug-likeness (QED) is 0.811. The molecule has 0 aliphatic carbocycles. The maximum Gasteiger partial charge on any atom is 0.254 e. The van der Waals surface area contributed by atoms with Gasteiger partial charge >= 0.3 is 0 Å². The molecule has 1 saturated heterocycles. The zero-order valence-electron chi connectivity index (χ0n) is 11.1. The number of nitrogens with one attached hydrogen (secondary N) is 1. The number of hydrogen-bond acceptors (Lipinski definition) is 3. The third-order valence-electron chi connectivity index (χ3n) is 3.06. The zero-order chi connectivity index (χ0) is 14.4. The molecule has 1 unspecified atom stereocenters. The fourth-order valence-electron chi connectivity index (χ4n) is 2.04. The van der Waals surface area contributed by atoms with Gasteiger partial charge in [0.25, 0.3) is 5.91 Å². The van der Waals surface area contributed by atoms with Crippen molar-refractivity contribution in [2.45, 2.75) is 18.9 Å². The van der Waals surface area contributed by atoms with Crippen LogP contribution in [0.15, 0.2) is 18.2 Å². The summed E-state index contributed by atoms with van der Waals surface area (Å²) in [6, 6.07) is 4.27. The Morgan fingerprint density at radius 2 is 2.40 bits per heavy atom. The highest BCUT2D eigenvalue weighted by Gasteiger charge is 2.18. The van der Waals surface area contributed by atoms with Crippen molar-refractivity contribution in [3.8, 4) is 11.8 Å². The van der Waals surface area contributed by atoms with Crippen LogP contribution in [-0.4, -0.2) is 31.7 Å². The SMILES string of the molecule is NCC#Cc1ccc(C(=O)NCC2CCCO2)c(F)c1. The maximum atomic E-state index is 13.8. The molecule has 5 heteroatoms. The number of benzene rings is 1. The van der Waals surface area contributed by atoms with Crippen molar-refractivity contribution in [3.63, 3.8) is 0 Å². The summed E-state index contributed by atoms with van der Waals surface area (Å²) in [7, 11) is 0. The lowest BCUT2D eigenvalue weighted by atomic mass is 10.1. The Morgan fingerprint density at radius 1 is 1.55 bits per heavy atom. The van der Waals surface area contributed by atoms with Crippen molar-refractivity contribution in [3.05, 3.63) is 35.1 Å². The van der Waals surface area contributed by atoms with Crippen molar-refractivity contribution in [2.24, 2.45) is 5.73 Å². The van der Waals surface area contributed by atoms with E-state index in [4.69, 9.17) is 10.5 Å². The summed E-state index contributed by atoms with van der Waals surface area (Å²) in [5.41, 5.74) is 5.77. The molecule has 1 heterocycles. The molecule has 0 spiro atoms. The summed E-state index contributed by atoms with van der Waals surface area (Å²) in [5.74, 6) is 4.34. The Hall–Kier alpha value is -1.90. The number of carbonyl (C=O) groups excluding carboxylic acids is 1. The molecular weight excluding hydrogens is 259 g/mol. The van der Waals surface area contributed by atoms with Gasteiger partial charge in [-0.05, 0) is 31.0 Å². The molecule has 1 fully saturated rings. The first-order valence-corrected chi connectivity index (χ1v) is 6.59. The standard InChI is InChI=1S/C15H17FN2O2/c16-14-9-11(3-1-7-17)5-6-13(14)15(19)18-10-12-4-2-8-20-12/h5-6,9,12H,2,4,7-8,10,17H2,(H,18,19). The molecule has 1 aromatic rings. The molecule has 20 heavy (non-hydrogen) atoms. The van der Waals surface area contributed by atoms with Gasteiger partial charge in [-0.15, -0.1) is 0 Å². The second-order valence-electron chi connectivity index (χ2n) is 4.55. The molecule has 1 amide bonds. The molecule has 0 saturated carbocycles. The normalized spacial score (nSPS) is 17.4. The molecule has 4 nitrogen and oxygen atoms in total. The molecule has 2 rings (SSSR count). The molecular formula is C15H17FN2O2. The maximum absolute atomic E-state index is 13.8. The predicted molar refractivity (Wildman–Crippen MR) is 73.6 cm³/mol. The van der Waals surface area contributed by atoms with E-state index >= 15 is 0 Å². The monoisotopic (exact) mass is 276 g/mol. The minimum atomic E-state index is -0.585. The Bertz CT molecular complexity index is 543. The number of nitrogens with two attached hydrogens (primary N) is 1. The highest BCUT2D eigenvalue weighted by Crippen LogP contribution is 2.12. The van der Waals surface area contributed by atoms with Crippen molar-refractivity contribution >= 4 is 5.91 Å². The number of rotatable bonds is 3. The fraction of sp³-hybridized carbons (Fsp3) is 0.400. The highest BCUT2D eigenvalue weighted by molar-refractivity contribution is 5.94. The zero-order valence-corrected chi connectivity index (χ0v) is 11.1. The smallest absolute Gasteiger partial charge is 0.254 e. The average molecular weight is 276 g/mol. The molecule has 0 bridgehead atoms. The van der Waals surface area contributed by atoms with Crippen LogP contribution in [0.2, 0.25) is 0 Å². The van der Waals surface area contributed by atoms with Crippen LogP contribution >= 0.6 is 0 Å². The lowest BCUT2D eigenvalue weighted by Crippen LogP contribution is -2.32. The molecule has 3 N–H and O–H groups in total. The van der Waals surface area contributed by atoms with E-state index in [1.807, 2.05) is 0 Å². The summed E-state index contributed by atoms with van der Waals surface area (Å²) < 4.78 is 19.2. The van der Waals surface area contributed by atoms with E-state index in [1.165, 1.54) is 12.1 Å². The Labute approximate surface area is 117 Å². The van der Waals surface area contributed by atoms with Gasteiger partial charge in [-0.1, -0.05) is 11.8 Å². The Kier molecular flexibility index (Phi) is 5.10. The molecule has 1 aliphatic rings. The number of hydrogen-bond donors (Lipinski definition) is 2. The van der Waals surface area contributed by atoms with Gasteiger partial charge in [0.15, 0.2) is 0 Å². The predicted octanol–water partition coefficient (Wildman–Crippen LogP) is 1.04. The van der Waals surface area contributed by atoms with Crippen LogP contribution in [0.4, 0.5) is 4.39 Å². The lowest BCUT2D eigenvalue weighted by molar-refractivity contribution is 0.0854. The van der Waals surface area contributed by atoms with E-state index in [9.17, 15) is 9.18 Å². The number of ether oxygens (including phenoxy) is 1. The minimum absolute atomic E-state index is 0.0151. The van der Waals surface area contributed by atoms with E-state index in [2.05, 4.69) is 17.2 Å². The topological polar surface area (TPSA) is 64.4 Å². The largest absolute Gasteiger partial charge is 0.376 e. The second kappa shape index (κ2) is 7.04. The van der Waals surface area contributed by atoms with Crippen molar-refractivity contribution < 1.29 is 13.9 Å². The van der Waals surface area contributed by atoms with Gasteiger partial charge in [-0.3, -0.25) is 4.79 Å². The van der Waals surface area contributed by atoms with Gasteiger partial charge < -0.3 is 15.8 Å². The second-order valence-corrected chi connectivity index (χ2v) is 4.55. The summed E-state index contributed by atoms with van der Waals surface area (Å²) in [6.07, 6.45) is 1.97. The van der Waals surface area contributed by atoms with Crippen LogP contribution in [-0.2, 0) is 4.74 Å². The van der Waals surface area contributed by atoms with Gasteiger partial charge in [0, 0.05) is 18.7 Å². The van der Waals surface area contributed by atoms with E-state index in [0.717, 1.165) is 19.4 Å². The molecule has 1 aliphatic heterocycles. The average Bonchev–Trinajstić information content (AvgIpc) is 2.96. The number of amides is 1. The molecule has 1 aromatic carbocycles. The highest BCUT2D eigenvalue weighted by atomic mass is 19.1. The first-order chi connectivity index (χ1) is 9.70. The Balaban J connectivity index is 1.98. The summed E-state index contributed by atoms with van der Waals surface area (Å²) in [5, 5.41) is 2.68. The third-order valence-corrected chi connectivity index (χ3v) is 3.06. The minimum Gasteiger partial charge on any atom is -0.376 e. The van der Waals surface area contributed by atoms with Crippen molar-refractivity contribution in [2.75, 3.05) is 19.7 Å². The van der Waals surface area contributed by atoms with Gasteiger partial charge in [0.1, 0.15) is 5.82 Å². The van der Waals surface area contributed by atoms with Crippen LogP contribution < -0.4 is 11.1 Å². The van der Waals surface area contributed by atoms with Crippen LogP contribution in [0.5, 0.6) is 0 Å². The van der Waals surface area contributed by atoms with E-state index < -0.39 is 11.7 Å². The van der Waals surface area contributed by atoms with Crippen molar-refractivity contribution in [1.82, 2.24) is 5.32 Å². The molecule has 0 aromatic heterocycles. The lowest BCUT2D eigenvalue weighted by Gasteiger charge is -2.11. The van der Waals surface area contributed by atoms with Crippen LogP contribution in [0.3, 0.4) is 0 Å². The first kappa shape index (κ1) is 14.5. The molecule has 0 radical (unpaired) electrons. The third kappa shape index (κ3) is 3.80. The van der Waals surface area contributed by atoms with E-state index in [1.54, 1.807) is 6.07 Å². The van der Waals surface area contributed by atoms with Gasteiger partial charge in [-0.25, -0.2) is 4.39 Å². The van der Waals surface area contributed by atoms with Gasteiger partial charge in [0.05, 0.1) is 18.2 Å². The van der Waals surface area contributed by atoms with Crippen LogP contribution in [0, 0.1) is 17.7 Å². The van der Waals surface area contributed by atoms with E-state index in [-0.39, 0.29) is 18.2 Å². The molecule has 1 atom stereocenters. The Morgan fingerprint density at radius 3 is 3.05 bits per heavy atom. The number of halogens is 1. The summed E-state index contributed by atoms with van der Waals surface area (Å²) >= 11 is 0. The fourth-order valence-corrected chi connectivity index (χ4v) is 2.04. The summed E-state index contributed by atoms with van der Waals surface area (Å²) in [4.78, 5) is 11.9. The van der Waals surface area contributed by atoms with Crippen LogP contribution in [0.25, 0.3) is 0 Å². The molecule has 106 valence electrons. The van der Waals surface area contributed by atoms with Crippen LogP contribution in [0.1, 0.15) is 28.8 Å². The van der Waals surface area contributed by atoms with Gasteiger partial charge in [-0.2, -0.15) is 0 Å². The van der Waals surface area contributed by atoms with Crippen molar-refractivity contribution in [1.29, 1.82) is 0 Å². The number of carbonyl (C=O) groups is 1.